The van der Waals surface area contributed by atoms with E-state index in [9.17, 15) is 4.79 Å². The predicted octanol–water partition coefficient (Wildman–Crippen LogP) is 2.76. The lowest BCUT2D eigenvalue weighted by atomic mass is 9.99. The Morgan fingerprint density at radius 1 is 1.18 bits per heavy atom. The first-order valence-electron chi connectivity index (χ1n) is 7.85. The Hall–Kier alpha value is -2.17. The zero-order chi connectivity index (χ0) is 15.7. The summed E-state index contributed by atoms with van der Waals surface area (Å²) in [5.74, 6) is 1.68. The van der Waals surface area contributed by atoms with Crippen LogP contribution in [0.5, 0.6) is 0 Å². The van der Waals surface area contributed by atoms with Gasteiger partial charge in [-0.1, -0.05) is 25.1 Å². The van der Waals surface area contributed by atoms with Gasteiger partial charge in [0.15, 0.2) is 0 Å². The van der Waals surface area contributed by atoms with Crippen molar-refractivity contribution in [2.45, 2.75) is 33.6 Å². The topological polar surface area (TPSA) is 51.0 Å². The third kappa shape index (κ3) is 2.75. The van der Waals surface area contributed by atoms with Gasteiger partial charge in [-0.15, -0.1) is 5.10 Å². The molecule has 1 aliphatic rings. The Labute approximate surface area is 131 Å². The minimum Gasteiger partial charge on any atom is -0.336 e. The second-order valence-corrected chi connectivity index (χ2v) is 6.16. The molecular weight excluding hydrogens is 276 g/mol. The average Bonchev–Trinajstić information content (AvgIpc) is 2.90. The Kier molecular flexibility index (Phi) is 3.96. The van der Waals surface area contributed by atoms with Gasteiger partial charge in [0.2, 0.25) is 5.82 Å². The van der Waals surface area contributed by atoms with Gasteiger partial charge in [0.05, 0.1) is 5.69 Å². The highest BCUT2D eigenvalue weighted by atomic mass is 16.2. The van der Waals surface area contributed by atoms with Crippen molar-refractivity contribution >= 4 is 5.91 Å². The molecule has 1 aliphatic heterocycles. The number of amides is 1. The predicted molar refractivity (Wildman–Crippen MR) is 85.1 cm³/mol. The number of aromatic nitrogens is 3. The van der Waals surface area contributed by atoms with Crippen molar-refractivity contribution in [3.05, 3.63) is 41.5 Å². The van der Waals surface area contributed by atoms with Crippen molar-refractivity contribution in [3.8, 4) is 5.69 Å². The fourth-order valence-electron chi connectivity index (χ4n) is 2.86. The minimum atomic E-state index is -0.0534. The number of hydrogen-bond acceptors (Lipinski definition) is 3. The molecule has 5 nitrogen and oxygen atoms in total. The van der Waals surface area contributed by atoms with E-state index in [0.29, 0.717) is 11.7 Å². The maximum Gasteiger partial charge on any atom is 0.293 e. The molecule has 1 aromatic carbocycles. The summed E-state index contributed by atoms with van der Waals surface area (Å²) < 4.78 is 1.76. The van der Waals surface area contributed by atoms with E-state index in [0.717, 1.165) is 43.0 Å². The molecule has 5 heteroatoms. The van der Waals surface area contributed by atoms with Crippen molar-refractivity contribution in [3.63, 3.8) is 0 Å². The summed E-state index contributed by atoms with van der Waals surface area (Å²) in [4.78, 5) is 18.8. The van der Waals surface area contributed by atoms with Crippen LogP contribution in [0.2, 0.25) is 0 Å². The Bertz CT molecular complexity index is 684. The van der Waals surface area contributed by atoms with E-state index in [2.05, 4.69) is 17.0 Å². The number of carbonyl (C=O) groups excluding carboxylic acids is 1. The van der Waals surface area contributed by atoms with Gasteiger partial charge in [0.1, 0.15) is 5.82 Å². The molecule has 0 spiro atoms. The highest BCUT2D eigenvalue weighted by molar-refractivity contribution is 5.90. The number of nitrogens with zero attached hydrogens (tertiary/aromatic N) is 4. The Balaban J connectivity index is 1.86. The smallest absolute Gasteiger partial charge is 0.293 e. The zero-order valence-electron chi connectivity index (χ0n) is 13.4. The molecule has 2 aromatic rings. The maximum absolute atomic E-state index is 12.6. The second-order valence-electron chi connectivity index (χ2n) is 6.16. The molecule has 3 rings (SSSR count). The van der Waals surface area contributed by atoms with Gasteiger partial charge in [-0.2, -0.15) is 0 Å². The molecule has 2 heterocycles. The van der Waals surface area contributed by atoms with Gasteiger partial charge in [0.25, 0.3) is 5.91 Å². The highest BCUT2D eigenvalue weighted by Gasteiger charge is 2.25. The molecule has 0 N–H and O–H groups in total. The quantitative estimate of drug-likeness (QED) is 0.856. The molecule has 0 saturated carbocycles. The van der Waals surface area contributed by atoms with Crippen LogP contribution in [0, 0.1) is 19.8 Å². The summed E-state index contributed by atoms with van der Waals surface area (Å²) in [6.07, 6.45) is 2.12. The molecule has 1 amide bonds. The Morgan fingerprint density at radius 3 is 2.55 bits per heavy atom. The van der Waals surface area contributed by atoms with Crippen LogP contribution in [0.15, 0.2) is 24.3 Å². The fraction of sp³-hybridized carbons (Fsp3) is 0.471. The maximum atomic E-state index is 12.6. The molecule has 1 aromatic heterocycles. The summed E-state index contributed by atoms with van der Waals surface area (Å²) in [6, 6.07) is 7.99. The fourth-order valence-corrected chi connectivity index (χ4v) is 2.86. The molecule has 0 atom stereocenters. The van der Waals surface area contributed by atoms with Gasteiger partial charge in [-0.05, 0) is 44.2 Å². The number of piperidine rings is 1. The summed E-state index contributed by atoms with van der Waals surface area (Å²) in [6.45, 7) is 7.76. The third-order valence-electron chi connectivity index (χ3n) is 4.37. The van der Waals surface area contributed by atoms with Crippen molar-refractivity contribution in [1.29, 1.82) is 0 Å². The molecule has 1 saturated heterocycles. The first-order chi connectivity index (χ1) is 10.6. The lowest BCUT2D eigenvalue weighted by Crippen LogP contribution is -2.38. The van der Waals surface area contributed by atoms with Crippen LogP contribution in [0.4, 0.5) is 0 Å². The summed E-state index contributed by atoms with van der Waals surface area (Å²) in [7, 11) is 0. The van der Waals surface area contributed by atoms with Crippen molar-refractivity contribution in [2.24, 2.45) is 5.92 Å². The van der Waals surface area contributed by atoms with Gasteiger partial charge in [0, 0.05) is 13.1 Å². The van der Waals surface area contributed by atoms with Gasteiger partial charge in [-0.3, -0.25) is 4.79 Å². The lowest BCUT2D eigenvalue weighted by molar-refractivity contribution is 0.0685. The van der Waals surface area contributed by atoms with Crippen LogP contribution in [-0.2, 0) is 0 Å². The number of carbonyl (C=O) groups is 1. The molecular formula is C17H22N4O. The number of hydrogen-bond donors (Lipinski definition) is 0. The first-order valence-corrected chi connectivity index (χ1v) is 7.85. The van der Waals surface area contributed by atoms with E-state index >= 15 is 0 Å². The summed E-state index contributed by atoms with van der Waals surface area (Å²) in [5.41, 5.74) is 2.08. The van der Waals surface area contributed by atoms with Crippen LogP contribution < -0.4 is 0 Å². The third-order valence-corrected chi connectivity index (χ3v) is 4.37. The summed E-state index contributed by atoms with van der Waals surface area (Å²) in [5, 5.41) is 4.45. The minimum absolute atomic E-state index is 0.0534. The summed E-state index contributed by atoms with van der Waals surface area (Å²) >= 11 is 0. The van der Waals surface area contributed by atoms with Gasteiger partial charge in [-0.25, -0.2) is 9.67 Å². The monoisotopic (exact) mass is 298 g/mol. The largest absolute Gasteiger partial charge is 0.336 e. The second kappa shape index (κ2) is 5.91. The first kappa shape index (κ1) is 14.8. The van der Waals surface area contributed by atoms with Crippen LogP contribution in [0.3, 0.4) is 0 Å². The molecule has 0 unspecified atom stereocenters. The van der Waals surface area contributed by atoms with E-state index < -0.39 is 0 Å². The van der Waals surface area contributed by atoms with Crippen molar-refractivity contribution < 1.29 is 4.79 Å². The molecule has 0 aliphatic carbocycles. The normalized spacial score (nSPS) is 16.0. The van der Waals surface area contributed by atoms with Gasteiger partial charge < -0.3 is 4.90 Å². The van der Waals surface area contributed by atoms with E-state index in [4.69, 9.17) is 0 Å². The number of benzene rings is 1. The van der Waals surface area contributed by atoms with Crippen LogP contribution >= 0.6 is 0 Å². The number of rotatable bonds is 2. The lowest BCUT2D eigenvalue weighted by Gasteiger charge is -2.29. The number of para-hydroxylation sites is 1. The number of aryl methyl sites for hydroxylation is 2. The highest BCUT2D eigenvalue weighted by Crippen LogP contribution is 2.19. The SMILES string of the molecule is Cc1ccccc1-n1nc(C(=O)N2CCC(C)CC2)nc1C. The van der Waals surface area contributed by atoms with Gasteiger partial charge >= 0.3 is 0 Å². The molecule has 22 heavy (non-hydrogen) atoms. The molecule has 116 valence electrons. The van der Waals surface area contributed by atoms with E-state index in [1.165, 1.54) is 0 Å². The zero-order valence-corrected chi connectivity index (χ0v) is 13.4. The van der Waals surface area contributed by atoms with Crippen molar-refractivity contribution in [2.75, 3.05) is 13.1 Å². The molecule has 0 bridgehead atoms. The molecule has 1 fully saturated rings. The Morgan fingerprint density at radius 2 is 1.86 bits per heavy atom. The van der Waals surface area contributed by atoms with Crippen LogP contribution in [0.25, 0.3) is 5.69 Å². The van der Waals surface area contributed by atoms with Crippen LogP contribution in [0.1, 0.15) is 41.8 Å². The molecule has 0 radical (unpaired) electrons. The van der Waals surface area contributed by atoms with Crippen LogP contribution in [-0.4, -0.2) is 38.7 Å². The van der Waals surface area contributed by atoms with E-state index in [1.807, 2.05) is 43.0 Å². The van der Waals surface area contributed by atoms with E-state index in [1.54, 1.807) is 4.68 Å². The van der Waals surface area contributed by atoms with E-state index in [-0.39, 0.29) is 5.91 Å². The average molecular weight is 298 g/mol. The number of likely N-dealkylation sites (tertiary alicyclic amines) is 1. The standard InChI is InChI=1S/C17H22N4O/c1-12-8-10-20(11-9-12)17(22)16-18-14(3)21(19-16)15-7-5-4-6-13(15)2/h4-7,12H,8-11H2,1-3H3. The van der Waals surface area contributed by atoms with Crippen molar-refractivity contribution in [1.82, 2.24) is 19.7 Å².